The zero-order valence-corrected chi connectivity index (χ0v) is 25.0. The lowest BCUT2D eigenvalue weighted by Gasteiger charge is -2.29. The number of cyclic esters (lactones) is 2. The smallest absolute Gasteiger partial charge is 0.358 e. The van der Waals surface area contributed by atoms with E-state index in [0.717, 1.165) is 23.2 Å². The second-order valence-corrected chi connectivity index (χ2v) is 11.8. The summed E-state index contributed by atoms with van der Waals surface area (Å²) < 4.78 is 10.1. The summed E-state index contributed by atoms with van der Waals surface area (Å²) in [5.41, 5.74) is 5.76. The molecule has 1 aliphatic heterocycles. The Morgan fingerprint density at radius 2 is 1.62 bits per heavy atom. The third-order valence-corrected chi connectivity index (χ3v) is 8.07. The average molecular weight is 574 g/mol. The quantitative estimate of drug-likeness (QED) is 0.0935. The van der Waals surface area contributed by atoms with Crippen LogP contribution in [0, 0.1) is 5.92 Å². The van der Waals surface area contributed by atoms with Crippen LogP contribution in [0.3, 0.4) is 0 Å². The Hall–Kier alpha value is -3.87. The normalized spacial score (nSPS) is 20.4. The van der Waals surface area contributed by atoms with Gasteiger partial charge in [-0.25, -0.2) is 19.9 Å². The molecule has 0 atom stereocenters. The van der Waals surface area contributed by atoms with E-state index < -0.39 is 23.7 Å². The maximum Gasteiger partial charge on any atom is 0.358 e. The van der Waals surface area contributed by atoms with E-state index in [4.69, 9.17) is 14.3 Å². The molecule has 1 aliphatic carbocycles. The van der Waals surface area contributed by atoms with E-state index in [1.807, 2.05) is 36.4 Å². The SMILES string of the molecule is CCCCCC1CCC(c2ccc(C=C(CCc3ccccc3)C(=O)ONC=C3C(=O)OC(C)(C)OC3=O)cc2)CC1. The molecule has 224 valence electrons. The van der Waals surface area contributed by atoms with Crippen LogP contribution in [0.1, 0.15) is 101 Å². The van der Waals surface area contributed by atoms with Crippen molar-refractivity contribution >= 4 is 24.0 Å². The minimum atomic E-state index is -1.35. The highest BCUT2D eigenvalue weighted by Gasteiger charge is 2.39. The summed E-state index contributed by atoms with van der Waals surface area (Å²) in [5.74, 6) is -2.20. The predicted molar refractivity (Wildman–Crippen MR) is 162 cm³/mol. The molecule has 0 aromatic heterocycles. The van der Waals surface area contributed by atoms with Gasteiger partial charge in [-0.1, -0.05) is 87.2 Å². The average Bonchev–Trinajstić information content (AvgIpc) is 2.97. The molecule has 0 amide bonds. The van der Waals surface area contributed by atoms with Gasteiger partial charge in [0.1, 0.15) is 0 Å². The summed E-state index contributed by atoms with van der Waals surface area (Å²) in [4.78, 5) is 42.6. The van der Waals surface area contributed by atoms with Crippen molar-refractivity contribution in [3.8, 4) is 0 Å². The summed E-state index contributed by atoms with van der Waals surface area (Å²) in [7, 11) is 0. The molecule has 2 aromatic carbocycles. The molecule has 4 rings (SSSR count). The van der Waals surface area contributed by atoms with Crippen molar-refractivity contribution < 1.29 is 28.7 Å². The van der Waals surface area contributed by atoms with Gasteiger partial charge in [-0.2, -0.15) is 0 Å². The summed E-state index contributed by atoms with van der Waals surface area (Å²) in [6.07, 6.45) is 14.3. The predicted octanol–water partition coefficient (Wildman–Crippen LogP) is 7.32. The topological polar surface area (TPSA) is 90.9 Å². The van der Waals surface area contributed by atoms with E-state index in [9.17, 15) is 14.4 Å². The molecular weight excluding hydrogens is 530 g/mol. The van der Waals surface area contributed by atoms with Gasteiger partial charge < -0.3 is 14.3 Å². The fourth-order valence-corrected chi connectivity index (χ4v) is 5.68. The number of hydrogen-bond donors (Lipinski definition) is 1. The van der Waals surface area contributed by atoms with Crippen molar-refractivity contribution in [1.29, 1.82) is 0 Å². The van der Waals surface area contributed by atoms with E-state index in [0.29, 0.717) is 24.3 Å². The Labute approximate surface area is 249 Å². The summed E-state index contributed by atoms with van der Waals surface area (Å²) in [5, 5.41) is 0. The molecule has 7 heteroatoms. The van der Waals surface area contributed by atoms with Crippen LogP contribution in [-0.4, -0.2) is 23.7 Å². The number of carbonyl (C=O) groups is 3. The van der Waals surface area contributed by atoms with Gasteiger partial charge in [0, 0.05) is 19.4 Å². The molecule has 0 spiro atoms. The van der Waals surface area contributed by atoms with Crippen LogP contribution in [0.4, 0.5) is 0 Å². The standard InChI is InChI=1S/C35H43NO6/c1-4-5-7-10-26-13-18-28(19-14-26)29-20-16-27(17-21-29)23-30(22-15-25-11-8-6-9-12-25)32(37)42-36-24-31-33(38)40-35(2,3)41-34(31)39/h6,8-9,11-12,16-17,20-21,23-24,26,28,36H,4-5,7,10,13-15,18-19,22H2,1-3H3. The Kier molecular flexibility index (Phi) is 11.0. The number of aryl methyl sites for hydroxylation is 1. The zero-order chi connectivity index (χ0) is 30.0. The highest BCUT2D eigenvalue weighted by Crippen LogP contribution is 2.38. The van der Waals surface area contributed by atoms with Gasteiger partial charge >= 0.3 is 17.9 Å². The number of benzene rings is 2. The second-order valence-electron chi connectivity index (χ2n) is 11.8. The van der Waals surface area contributed by atoms with Gasteiger partial charge in [0.05, 0.1) is 6.20 Å². The number of hydroxylamine groups is 1. The molecule has 7 nitrogen and oxygen atoms in total. The molecule has 1 saturated heterocycles. The Morgan fingerprint density at radius 3 is 2.26 bits per heavy atom. The van der Waals surface area contributed by atoms with E-state index in [2.05, 4.69) is 36.7 Å². The highest BCUT2D eigenvalue weighted by molar-refractivity contribution is 6.15. The molecule has 1 heterocycles. The van der Waals surface area contributed by atoms with Gasteiger partial charge in [-0.15, -0.1) is 0 Å². The van der Waals surface area contributed by atoms with Crippen LogP contribution in [0.15, 0.2) is 71.9 Å². The summed E-state index contributed by atoms with van der Waals surface area (Å²) in [6.45, 7) is 5.18. The number of esters is 2. The first-order valence-electron chi connectivity index (χ1n) is 15.2. The van der Waals surface area contributed by atoms with E-state index in [1.54, 1.807) is 0 Å². The number of rotatable bonds is 12. The molecular formula is C35H43NO6. The molecule has 1 saturated carbocycles. The zero-order valence-electron chi connectivity index (χ0n) is 25.0. The second kappa shape index (κ2) is 14.9. The molecule has 42 heavy (non-hydrogen) atoms. The van der Waals surface area contributed by atoms with Crippen molar-refractivity contribution in [2.24, 2.45) is 5.92 Å². The maximum atomic E-state index is 13.1. The molecule has 0 radical (unpaired) electrons. The lowest BCUT2D eigenvalue weighted by molar-refractivity contribution is -0.222. The van der Waals surface area contributed by atoms with Crippen LogP contribution < -0.4 is 5.48 Å². The van der Waals surface area contributed by atoms with Gasteiger partial charge in [0.25, 0.3) is 5.79 Å². The molecule has 1 N–H and O–H groups in total. The van der Waals surface area contributed by atoms with E-state index in [1.165, 1.54) is 70.8 Å². The van der Waals surface area contributed by atoms with Crippen molar-refractivity contribution in [1.82, 2.24) is 5.48 Å². The van der Waals surface area contributed by atoms with Crippen molar-refractivity contribution in [2.45, 2.75) is 96.7 Å². The van der Waals surface area contributed by atoms with Crippen LogP contribution in [0.5, 0.6) is 0 Å². The lowest BCUT2D eigenvalue weighted by Crippen LogP contribution is -2.42. The third-order valence-electron chi connectivity index (χ3n) is 8.07. The van der Waals surface area contributed by atoms with Crippen molar-refractivity contribution in [3.05, 3.63) is 88.6 Å². The number of unbranched alkanes of at least 4 members (excludes halogenated alkanes) is 2. The third kappa shape index (κ3) is 9.07. The Balaban J connectivity index is 1.40. The van der Waals surface area contributed by atoms with Crippen molar-refractivity contribution in [3.63, 3.8) is 0 Å². The minimum Gasteiger partial charge on any atom is -0.419 e. The first-order chi connectivity index (χ1) is 20.2. The summed E-state index contributed by atoms with van der Waals surface area (Å²) >= 11 is 0. The van der Waals surface area contributed by atoms with Crippen LogP contribution in [0.2, 0.25) is 0 Å². The van der Waals surface area contributed by atoms with E-state index >= 15 is 0 Å². The van der Waals surface area contributed by atoms with Crippen LogP contribution in [-0.2, 0) is 35.1 Å². The number of hydrogen-bond acceptors (Lipinski definition) is 7. The van der Waals surface area contributed by atoms with Gasteiger partial charge in [-0.05, 0) is 73.1 Å². The van der Waals surface area contributed by atoms with Crippen molar-refractivity contribution in [2.75, 3.05) is 0 Å². The van der Waals surface area contributed by atoms with Gasteiger partial charge in [0.15, 0.2) is 5.57 Å². The molecule has 0 bridgehead atoms. The van der Waals surface area contributed by atoms with E-state index in [-0.39, 0.29) is 5.57 Å². The van der Waals surface area contributed by atoms with Crippen LogP contribution >= 0.6 is 0 Å². The summed E-state index contributed by atoms with van der Waals surface area (Å²) in [6, 6.07) is 18.4. The fourth-order valence-electron chi connectivity index (χ4n) is 5.68. The Morgan fingerprint density at radius 1 is 0.952 bits per heavy atom. The number of carbonyl (C=O) groups excluding carboxylic acids is 3. The first kappa shape index (κ1) is 31.1. The maximum absolute atomic E-state index is 13.1. The monoisotopic (exact) mass is 573 g/mol. The highest BCUT2D eigenvalue weighted by atomic mass is 16.7. The molecule has 2 aromatic rings. The van der Waals surface area contributed by atoms with Gasteiger partial charge in [-0.3, -0.25) is 0 Å². The Bertz CT molecular complexity index is 1250. The molecule has 2 aliphatic rings. The largest absolute Gasteiger partial charge is 0.419 e. The molecule has 0 unspecified atom stereocenters. The lowest BCUT2D eigenvalue weighted by atomic mass is 9.77. The van der Waals surface area contributed by atoms with Crippen LogP contribution in [0.25, 0.3) is 6.08 Å². The van der Waals surface area contributed by atoms with Gasteiger partial charge in [0.2, 0.25) is 0 Å². The number of nitrogens with one attached hydrogen (secondary N) is 1. The molecule has 2 fully saturated rings. The number of ether oxygens (including phenoxy) is 2. The minimum absolute atomic E-state index is 0.387. The fraction of sp³-hybridized carbons (Fsp3) is 0.457. The first-order valence-corrected chi connectivity index (χ1v) is 15.2.